The normalized spacial score (nSPS) is 25.3. The van der Waals surface area contributed by atoms with Gasteiger partial charge in [0, 0.05) is 12.1 Å². The fraction of sp³-hybridized carbons (Fsp3) is 0.929. The van der Waals surface area contributed by atoms with Crippen LogP contribution in [0.4, 0.5) is 0 Å². The van der Waals surface area contributed by atoms with E-state index in [-0.39, 0.29) is 12.0 Å². The Balaban J connectivity index is 2.30. The molecule has 0 amide bonds. The molecular weight excluding hydrogens is 214 g/mol. The van der Waals surface area contributed by atoms with Crippen LogP contribution in [0.25, 0.3) is 0 Å². The molecule has 0 spiro atoms. The Hall–Kier alpha value is -0.570. The summed E-state index contributed by atoms with van der Waals surface area (Å²) in [6.07, 6.45) is 5.52. The molecule has 0 radical (unpaired) electrons. The predicted molar refractivity (Wildman–Crippen MR) is 69.9 cm³/mol. The smallest absolute Gasteiger partial charge is 0.307 e. The Morgan fingerprint density at radius 2 is 2.24 bits per heavy atom. The number of esters is 1. The molecule has 1 aliphatic carbocycles. The standard InChI is InChI=1S/C14H27NO2/c1-5-17-13(16)9-11(2)15-12-7-6-8-14(3,4)10-12/h11-12,15H,5-10H2,1-4H3. The van der Waals surface area contributed by atoms with E-state index in [2.05, 4.69) is 26.1 Å². The van der Waals surface area contributed by atoms with Gasteiger partial charge in [-0.3, -0.25) is 4.79 Å². The third-order valence-corrected chi connectivity index (χ3v) is 3.50. The number of ether oxygens (including phenoxy) is 1. The van der Waals surface area contributed by atoms with Gasteiger partial charge in [0.1, 0.15) is 0 Å². The lowest BCUT2D eigenvalue weighted by Crippen LogP contribution is -2.42. The summed E-state index contributed by atoms with van der Waals surface area (Å²) in [6, 6.07) is 0.774. The van der Waals surface area contributed by atoms with Crippen molar-refractivity contribution in [2.45, 2.75) is 71.9 Å². The fourth-order valence-corrected chi connectivity index (χ4v) is 2.77. The van der Waals surface area contributed by atoms with Crippen molar-refractivity contribution in [1.82, 2.24) is 5.32 Å². The average molecular weight is 241 g/mol. The molecule has 0 aliphatic heterocycles. The molecule has 0 saturated heterocycles. The first kappa shape index (κ1) is 14.5. The topological polar surface area (TPSA) is 38.3 Å². The van der Waals surface area contributed by atoms with Gasteiger partial charge in [-0.25, -0.2) is 0 Å². The van der Waals surface area contributed by atoms with Crippen molar-refractivity contribution in [3.8, 4) is 0 Å². The van der Waals surface area contributed by atoms with Crippen LogP contribution in [0.5, 0.6) is 0 Å². The molecular formula is C14H27NO2. The third kappa shape index (κ3) is 5.53. The minimum Gasteiger partial charge on any atom is -0.466 e. The van der Waals surface area contributed by atoms with Crippen molar-refractivity contribution in [2.75, 3.05) is 6.61 Å². The van der Waals surface area contributed by atoms with Crippen molar-refractivity contribution in [1.29, 1.82) is 0 Å². The van der Waals surface area contributed by atoms with Crippen LogP contribution in [0.2, 0.25) is 0 Å². The maximum absolute atomic E-state index is 11.4. The molecule has 2 atom stereocenters. The molecule has 1 saturated carbocycles. The monoisotopic (exact) mass is 241 g/mol. The second-order valence-corrected chi connectivity index (χ2v) is 6.03. The summed E-state index contributed by atoms with van der Waals surface area (Å²) in [6.45, 7) is 9.05. The van der Waals surface area contributed by atoms with E-state index < -0.39 is 0 Å². The molecule has 100 valence electrons. The molecule has 1 fully saturated rings. The lowest BCUT2D eigenvalue weighted by molar-refractivity contribution is -0.143. The van der Waals surface area contributed by atoms with Crippen LogP contribution >= 0.6 is 0 Å². The van der Waals surface area contributed by atoms with Gasteiger partial charge in [-0.2, -0.15) is 0 Å². The summed E-state index contributed by atoms with van der Waals surface area (Å²) < 4.78 is 4.96. The maximum atomic E-state index is 11.4. The van der Waals surface area contributed by atoms with E-state index in [0.717, 1.165) is 0 Å². The van der Waals surface area contributed by atoms with Gasteiger partial charge in [0.25, 0.3) is 0 Å². The van der Waals surface area contributed by atoms with Crippen LogP contribution in [0.3, 0.4) is 0 Å². The maximum Gasteiger partial charge on any atom is 0.307 e. The number of carbonyl (C=O) groups excluding carboxylic acids is 1. The van der Waals surface area contributed by atoms with E-state index in [4.69, 9.17) is 4.74 Å². The molecule has 3 heteroatoms. The van der Waals surface area contributed by atoms with Crippen LogP contribution < -0.4 is 5.32 Å². The van der Waals surface area contributed by atoms with Gasteiger partial charge in [0.2, 0.25) is 0 Å². The third-order valence-electron chi connectivity index (χ3n) is 3.50. The van der Waals surface area contributed by atoms with Crippen LogP contribution in [0, 0.1) is 5.41 Å². The fourth-order valence-electron chi connectivity index (χ4n) is 2.77. The predicted octanol–water partition coefficient (Wildman–Crippen LogP) is 2.89. The molecule has 0 aromatic carbocycles. The van der Waals surface area contributed by atoms with E-state index in [1.54, 1.807) is 0 Å². The van der Waals surface area contributed by atoms with Crippen LogP contribution in [-0.4, -0.2) is 24.7 Å². The van der Waals surface area contributed by atoms with Crippen molar-refractivity contribution in [3.63, 3.8) is 0 Å². The lowest BCUT2D eigenvalue weighted by atomic mass is 9.75. The lowest BCUT2D eigenvalue weighted by Gasteiger charge is -2.36. The molecule has 1 rings (SSSR count). The minimum atomic E-state index is -0.0948. The van der Waals surface area contributed by atoms with Gasteiger partial charge in [0.05, 0.1) is 13.0 Å². The van der Waals surface area contributed by atoms with Crippen molar-refractivity contribution in [3.05, 3.63) is 0 Å². The quantitative estimate of drug-likeness (QED) is 0.752. The number of hydrogen-bond donors (Lipinski definition) is 1. The molecule has 0 aromatic heterocycles. The zero-order valence-corrected chi connectivity index (χ0v) is 11.7. The second-order valence-electron chi connectivity index (χ2n) is 6.03. The highest BCUT2D eigenvalue weighted by molar-refractivity contribution is 5.70. The molecule has 2 unspecified atom stereocenters. The van der Waals surface area contributed by atoms with Gasteiger partial charge in [0.15, 0.2) is 0 Å². The molecule has 1 N–H and O–H groups in total. The highest BCUT2D eigenvalue weighted by Gasteiger charge is 2.28. The first-order valence-corrected chi connectivity index (χ1v) is 6.84. The summed E-state index contributed by atoms with van der Waals surface area (Å²) in [7, 11) is 0. The van der Waals surface area contributed by atoms with E-state index in [0.29, 0.717) is 24.5 Å². The van der Waals surface area contributed by atoms with E-state index in [1.165, 1.54) is 25.7 Å². The van der Waals surface area contributed by atoms with Gasteiger partial charge >= 0.3 is 5.97 Å². The summed E-state index contributed by atoms with van der Waals surface area (Å²) in [4.78, 5) is 11.4. The van der Waals surface area contributed by atoms with Gasteiger partial charge in [-0.15, -0.1) is 0 Å². The zero-order chi connectivity index (χ0) is 12.9. The highest BCUT2D eigenvalue weighted by atomic mass is 16.5. The van der Waals surface area contributed by atoms with Crippen LogP contribution in [-0.2, 0) is 9.53 Å². The van der Waals surface area contributed by atoms with Gasteiger partial charge in [-0.05, 0) is 38.5 Å². The molecule has 0 aromatic rings. The first-order valence-electron chi connectivity index (χ1n) is 6.84. The van der Waals surface area contributed by atoms with Crippen molar-refractivity contribution < 1.29 is 9.53 Å². The number of rotatable bonds is 5. The number of hydrogen-bond acceptors (Lipinski definition) is 3. The van der Waals surface area contributed by atoms with Gasteiger partial charge < -0.3 is 10.1 Å². The Morgan fingerprint density at radius 3 is 2.82 bits per heavy atom. The van der Waals surface area contributed by atoms with Crippen LogP contribution in [0.15, 0.2) is 0 Å². The second kappa shape index (κ2) is 6.39. The van der Waals surface area contributed by atoms with Crippen molar-refractivity contribution >= 4 is 5.97 Å². The number of carbonyl (C=O) groups is 1. The summed E-state index contributed by atoms with van der Waals surface area (Å²) in [5.74, 6) is -0.0948. The SMILES string of the molecule is CCOC(=O)CC(C)NC1CCCC(C)(C)C1. The van der Waals surface area contributed by atoms with E-state index in [1.807, 2.05) is 6.92 Å². The molecule has 17 heavy (non-hydrogen) atoms. The molecule has 0 heterocycles. The Morgan fingerprint density at radius 1 is 1.53 bits per heavy atom. The van der Waals surface area contributed by atoms with E-state index >= 15 is 0 Å². The Labute approximate surface area is 105 Å². The van der Waals surface area contributed by atoms with Crippen LogP contribution in [0.1, 0.15) is 59.8 Å². The molecule has 1 aliphatic rings. The summed E-state index contributed by atoms with van der Waals surface area (Å²) in [5, 5.41) is 3.56. The summed E-state index contributed by atoms with van der Waals surface area (Å²) >= 11 is 0. The molecule has 0 bridgehead atoms. The van der Waals surface area contributed by atoms with E-state index in [9.17, 15) is 4.79 Å². The Bertz CT molecular complexity index is 251. The zero-order valence-electron chi connectivity index (χ0n) is 11.7. The first-order chi connectivity index (χ1) is 7.93. The summed E-state index contributed by atoms with van der Waals surface area (Å²) in [5.41, 5.74) is 0.444. The van der Waals surface area contributed by atoms with Crippen molar-refractivity contribution in [2.24, 2.45) is 5.41 Å². The van der Waals surface area contributed by atoms with Gasteiger partial charge in [-0.1, -0.05) is 20.3 Å². The minimum absolute atomic E-state index is 0.0948. The average Bonchev–Trinajstić information content (AvgIpc) is 2.15. The Kier molecular flexibility index (Phi) is 5.44. The number of nitrogens with one attached hydrogen (secondary N) is 1. The molecule has 3 nitrogen and oxygen atoms in total. The highest BCUT2D eigenvalue weighted by Crippen LogP contribution is 2.35. The largest absolute Gasteiger partial charge is 0.466 e.